The van der Waals surface area contributed by atoms with E-state index in [4.69, 9.17) is 4.42 Å². The number of hydrogen-bond acceptors (Lipinski definition) is 5. The van der Waals surface area contributed by atoms with E-state index in [0.717, 1.165) is 18.4 Å². The molecule has 0 spiro atoms. The summed E-state index contributed by atoms with van der Waals surface area (Å²) in [5, 5.41) is 11.1. The van der Waals surface area contributed by atoms with E-state index in [0.29, 0.717) is 16.8 Å². The molecule has 3 rings (SSSR count). The maximum atomic E-state index is 12.4. The van der Waals surface area contributed by atoms with Gasteiger partial charge in [0, 0.05) is 48.3 Å². The van der Waals surface area contributed by atoms with Crippen molar-refractivity contribution in [1.82, 2.24) is 0 Å². The molecule has 1 atom stereocenters. The van der Waals surface area contributed by atoms with Crippen LogP contribution < -0.4 is 5.63 Å². The second-order valence-corrected chi connectivity index (χ2v) is 8.74. The Morgan fingerprint density at radius 1 is 0.857 bits per heavy atom. The molecule has 1 N–H and O–H groups in total. The topological polar surface area (TPSA) is 84.6 Å². The van der Waals surface area contributed by atoms with Crippen molar-refractivity contribution in [2.75, 3.05) is 0 Å². The summed E-state index contributed by atoms with van der Waals surface area (Å²) in [4.78, 5) is 34.6. The Balaban J connectivity index is 0.000000437. The summed E-state index contributed by atoms with van der Waals surface area (Å²) >= 11 is 0. The van der Waals surface area contributed by atoms with Gasteiger partial charge in [0.15, 0.2) is 0 Å². The van der Waals surface area contributed by atoms with Gasteiger partial charge in [-0.15, -0.1) is 0 Å². The van der Waals surface area contributed by atoms with Crippen LogP contribution in [0, 0.1) is 0 Å². The van der Waals surface area contributed by atoms with Gasteiger partial charge >= 0.3 is 5.63 Å². The molecular formula is C29H36NaO5. The van der Waals surface area contributed by atoms with Gasteiger partial charge in [-0.25, -0.2) is 4.79 Å². The van der Waals surface area contributed by atoms with Crippen LogP contribution in [0.15, 0.2) is 63.8 Å². The van der Waals surface area contributed by atoms with Crippen molar-refractivity contribution >= 4 is 52.1 Å². The van der Waals surface area contributed by atoms with Crippen molar-refractivity contribution in [1.29, 1.82) is 0 Å². The minimum absolute atomic E-state index is 0. The Morgan fingerprint density at radius 2 is 1.46 bits per heavy atom. The fourth-order valence-electron chi connectivity index (χ4n) is 3.97. The summed E-state index contributed by atoms with van der Waals surface area (Å²) in [5.74, 6) is -0.382. The Hall–Kier alpha value is -2.21. The monoisotopic (exact) mass is 487 g/mol. The van der Waals surface area contributed by atoms with Gasteiger partial charge < -0.3 is 14.3 Å². The second kappa shape index (κ2) is 16.5. The van der Waals surface area contributed by atoms with E-state index in [1.54, 1.807) is 31.2 Å². The molecule has 1 unspecified atom stereocenters. The summed E-state index contributed by atoms with van der Waals surface area (Å²) < 4.78 is 5.33. The van der Waals surface area contributed by atoms with Gasteiger partial charge in [-0.3, -0.25) is 4.79 Å². The predicted molar refractivity (Wildman–Crippen MR) is 142 cm³/mol. The number of fused-ring (bicyclic) bond motifs is 1. The molecule has 0 aliphatic heterocycles. The molecule has 6 heteroatoms. The van der Waals surface area contributed by atoms with Crippen molar-refractivity contribution in [3.8, 4) is 5.75 Å². The molecule has 3 aromatic rings. The third-order valence-electron chi connectivity index (χ3n) is 5.74. The molecule has 2 aromatic carbocycles. The third kappa shape index (κ3) is 10.1. The third-order valence-corrected chi connectivity index (χ3v) is 5.74. The van der Waals surface area contributed by atoms with Crippen molar-refractivity contribution in [3.05, 3.63) is 76.1 Å². The zero-order valence-electron chi connectivity index (χ0n) is 21.5. The van der Waals surface area contributed by atoms with Gasteiger partial charge in [0.2, 0.25) is 0 Å². The van der Waals surface area contributed by atoms with Crippen LogP contribution in [0.3, 0.4) is 0 Å². The minimum Gasteiger partial charge on any atom is -0.507 e. The minimum atomic E-state index is -0.615. The van der Waals surface area contributed by atoms with Crippen LogP contribution in [-0.4, -0.2) is 46.2 Å². The molecule has 0 saturated carbocycles. The molecule has 1 aromatic heterocycles. The second-order valence-electron chi connectivity index (χ2n) is 8.74. The van der Waals surface area contributed by atoms with Crippen molar-refractivity contribution in [2.45, 2.75) is 78.1 Å². The maximum Gasteiger partial charge on any atom is 0.343 e. The molecule has 1 heterocycles. The SMILES string of the molecule is CC(=O)CC(c1ccccc1)c1c(O)c2ccccc2oc1=O.CCCCCCCCC(C)=O.[Na]. The number of ketones is 2. The Morgan fingerprint density at radius 3 is 2.09 bits per heavy atom. The first-order chi connectivity index (χ1) is 16.3. The van der Waals surface area contributed by atoms with Crippen molar-refractivity contribution in [3.63, 3.8) is 0 Å². The van der Waals surface area contributed by atoms with E-state index < -0.39 is 11.5 Å². The number of Topliss-reactive ketones (excluding diaryl/α,β-unsaturated/α-hetero) is 2. The molecule has 0 saturated heterocycles. The first kappa shape index (κ1) is 30.8. The molecule has 183 valence electrons. The quantitative estimate of drug-likeness (QED) is 0.188. The van der Waals surface area contributed by atoms with Crippen LogP contribution in [-0.2, 0) is 9.59 Å². The van der Waals surface area contributed by atoms with E-state index in [9.17, 15) is 19.5 Å². The number of rotatable bonds is 11. The van der Waals surface area contributed by atoms with Crippen LogP contribution in [0.2, 0.25) is 0 Å². The van der Waals surface area contributed by atoms with Gasteiger partial charge in [-0.1, -0.05) is 81.5 Å². The van der Waals surface area contributed by atoms with E-state index >= 15 is 0 Å². The smallest absolute Gasteiger partial charge is 0.343 e. The van der Waals surface area contributed by atoms with Gasteiger partial charge in [-0.2, -0.15) is 0 Å². The molecule has 35 heavy (non-hydrogen) atoms. The van der Waals surface area contributed by atoms with Gasteiger partial charge in [0.05, 0.1) is 10.9 Å². The van der Waals surface area contributed by atoms with Crippen molar-refractivity contribution in [2.24, 2.45) is 0 Å². The van der Waals surface area contributed by atoms with Crippen LogP contribution in [0.4, 0.5) is 0 Å². The zero-order valence-corrected chi connectivity index (χ0v) is 23.5. The van der Waals surface area contributed by atoms with Crippen LogP contribution >= 0.6 is 0 Å². The summed E-state index contributed by atoms with van der Waals surface area (Å²) in [6, 6.07) is 16.0. The largest absolute Gasteiger partial charge is 0.507 e. The Kier molecular flexibility index (Phi) is 14.5. The predicted octanol–water partition coefficient (Wildman–Crippen LogP) is 6.55. The van der Waals surface area contributed by atoms with Gasteiger partial charge in [0.1, 0.15) is 22.9 Å². The molecule has 1 radical (unpaired) electrons. The summed E-state index contributed by atoms with van der Waals surface area (Å²) in [7, 11) is 0. The van der Waals surface area contributed by atoms with E-state index in [2.05, 4.69) is 6.92 Å². The molecule has 0 aliphatic carbocycles. The van der Waals surface area contributed by atoms with E-state index in [1.807, 2.05) is 30.3 Å². The number of aromatic hydroxyl groups is 1. The Labute approximate surface area is 230 Å². The average Bonchev–Trinajstić information content (AvgIpc) is 2.81. The summed E-state index contributed by atoms with van der Waals surface area (Å²) in [6.45, 7) is 5.36. The number of unbranched alkanes of at least 4 members (excludes halogenated alkanes) is 5. The van der Waals surface area contributed by atoms with Crippen molar-refractivity contribution < 1.29 is 19.1 Å². The van der Waals surface area contributed by atoms with E-state index in [-0.39, 0.29) is 53.1 Å². The maximum absolute atomic E-state index is 12.4. The molecule has 0 fully saturated rings. The average molecular weight is 488 g/mol. The number of benzene rings is 2. The van der Waals surface area contributed by atoms with Gasteiger partial charge in [-0.05, 0) is 38.0 Å². The standard InChI is InChI=1S/C19H16O4.C10H20O.Na/c1-12(20)11-15(13-7-3-2-4-8-13)17-18(21)14-9-5-6-10-16(14)23-19(17)22;1-3-4-5-6-7-8-9-10(2)11;/h2-10,15,21H,11H2,1H3;3-9H2,1-2H3;. The normalized spacial score (nSPS) is 11.2. The Bertz CT molecular complexity index is 1120. The molecule has 5 nitrogen and oxygen atoms in total. The fourth-order valence-corrected chi connectivity index (χ4v) is 3.97. The summed E-state index contributed by atoms with van der Waals surface area (Å²) in [5.41, 5.74) is 0.635. The summed E-state index contributed by atoms with van der Waals surface area (Å²) in [6.07, 6.45) is 8.54. The first-order valence-corrected chi connectivity index (χ1v) is 12.1. The van der Waals surface area contributed by atoms with Crippen LogP contribution in [0.25, 0.3) is 11.0 Å². The number of hydrogen-bond donors (Lipinski definition) is 1. The van der Waals surface area contributed by atoms with E-state index in [1.165, 1.54) is 39.0 Å². The number of carbonyl (C=O) groups excluding carboxylic acids is 2. The number of carbonyl (C=O) groups is 2. The number of para-hydroxylation sites is 1. The molecular weight excluding hydrogens is 451 g/mol. The van der Waals surface area contributed by atoms with Crippen LogP contribution in [0.1, 0.15) is 89.2 Å². The van der Waals surface area contributed by atoms with Gasteiger partial charge in [0.25, 0.3) is 0 Å². The fraction of sp³-hybridized carbons (Fsp3) is 0.414. The zero-order chi connectivity index (χ0) is 24.9. The first-order valence-electron chi connectivity index (χ1n) is 12.1. The molecule has 0 aliphatic rings. The molecule has 0 bridgehead atoms. The van der Waals surface area contributed by atoms with Crippen LogP contribution in [0.5, 0.6) is 5.75 Å². The molecule has 0 amide bonds.